The van der Waals surface area contributed by atoms with Gasteiger partial charge in [-0.05, 0) is 30.5 Å². The molecule has 2 rings (SSSR count). The summed E-state index contributed by atoms with van der Waals surface area (Å²) in [6.45, 7) is 1.76. The van der Waals surface area contributed by atoms with Crippen molar-refractivity contribution in [2.24, 2.45) is 5.73 Å². The van der Waals surface area contributed by atoms with Crippen molar-refractivity contribution in [3.8, 4) is 5.75 Å². The molecule has 1 amide bonds. The lowest BCUT2D eigenvalue weighted by Crippen LogP contribution is -2.41. The van der Waals surface area contributed by atoms with E-state index in [2.05, 4.69) is 5.32 Å². The zero-order valence-electron chi connectivity index (χ0n) is 11.2. The first-order chi connectivity index (χ1) is 9.69. The molecule has 0 aromatic heterocycles. The molecule has 0 saturated carbocycles. The molecule has 0 unspecified atom stereocenters. The topological polar surface area (TPSA) is 73.6 Å². The monoisotopic (exact) mass is 298 g/mol. The summed E-state index contributed by atoms with van der Waals surface area (Å²) < 4.78 is 10.7. The van der Waals surface area contributed by atoms with Crippen LogP contribution >= 0.6 is 11.6 Å². The second-order valence-electron chi connectivity index (χ2n) is 4.71. The zero-order valence-corrected chi connectivity index (χ0v) is 12.0. The number of benzene rings is 1. The molecule has 1 heterocycles. The van der Waals surface area contributed by atoms with Gasteiger partial charge < -0.3 is 20.5 Å². The highest BCUT2D eigenvalue weighted by atomic mass is 35.5. The van der Waals surface area contributed by atoms with Crippen LogP contribution in [0.2, 0.25) is 5.02 Å². The third-order valence-corrected chi connectivity index (χ3v) is 3.47. The summed E-state index contributed by atoms with van der Waals surface area (Å²) in [4.78, 5) is 11.8. The lowest BCUT2D eigenvalue weighted by molar-refractivity contribution is -0.124. The standard InChI is InChI=1S/C14H19ClN2O3/c15-12-7-10(8-16)1-2-13(12)20-9-14(18)17-11-3-5-19-6-4-11/h1-2,7,11H,3-6,8-9,16H2,(H,17,18). The van der Waals surface area contributed by atoms with Gasteiger partial charge in [0.25, 0.3) is 5.91 Å². The number of carbonyl (C=O) groups is 1. The summed E-state index contributed by atoms with van der Waals surface area (Å²) in [5, 5.41) is 3.39. The predicted octanol–water partition coefficient (Wildman–Crippen LogP) is 1.47. The average Bonchev–Trinajstić information content (AvgIpc) is 2.47. The first kappa shape index (κ1) is 15.1. The van der Waals surface area contributed by atoms with Crippen LogP contribution in [0.3, 0.4) is 0 Å². The maximum atomic E-state index is 11.8. The number of nitrogens with one attached hydrogen (secondary N) is 1. The second kappa shape index (κ2) is 7.47. The van der Waals surface area contributed by atoms with Crippen LogP contribution in [0.4, 0.5) is 0 Å². The quantitative estimate of drug-likeness (QED) is 0.863. The van der Waals surface area contributed by atoms with E-state index in [1.54, 1.807) is 12.1 Å². The number of halogens is 1. The molecule has 0 radical (unpaired) electrons. The van der Waals surface area contributed by atoms with Gasteiger partial charge >= 0.3 is 0 Å². The maximum absolute atomic E-state index is 11.8. The van der Waals surface area contributed by atoms with E-state index in [0.29, 0.717) is 30.5 Å². The Kier molecular flexibility index (Phi) is 5.64. The van der Waals surface area contributed by atoms with Gasteiger partial charge in [0.2, 0.25) is 0 Å². The van der Waals surface area contributed by atoms with E-state index in [0.717, 1.165) is 18.4 Å². The largest absolute Gasteiger partial charge is 0.482 e. The van der Waals surface area contributed by atoms with Gasteiger partial charge in [-0.15, -0.1) is 0 Å². The van der Waals surface area contributed by atoms with E-state index in [9.17, 15) is 4.79 Å². The average molecular weight is 299 g/mol. The van der Waals surface area contributed by atoms with Crippen molar-refractivity contribution in [2.75, 3.05) is 19.8 Å². The minimum atomic E-state index is -0.143. The molecule has 0 atom stereocenters. The van der Waals surface area contributed by atoms with Crippen molar-refractivity contribution in [1.82, 2.24) is 5.32 Å². The molecule has 1 aromatic carbocycles. The number of ether oxygens (including phenoxy) is 2. The van der Waals surface area contributed by atoms with E-state index in [1.807, 2.05) is 6.07 Å². The van der Waals surface area contributed by atoms with Crippen LogP contribution in [0.1, 0.15) is 18.4 Å². The Bertz CT molecular complexity index is 462. The fraction of sp³-hybridized carbons (Fsp3) is 0.500. The fourth-order valence-electron chi connectivity index (χ4n) is 2.04. The van der Waals surface area contributed by atoms with E-state index < -0.39 is 0 Å². The number of amides is 1. The van der Waals surface area contributed by atoms with E-state index >= 15 is 0 Å². The van der Waals surface area contributed by atoms with E-state index in [1.165, 1.54) is 0 Å². The summed E-state index contributed by atoms with van der Waals surface area (Å²) in [6.07, 6.45) is 1.69. The summed E-state index contributed by atoms with van der Waals surface area (Å²) in [5.41, 5.74) is 6.45. The second-order valence-corrected chi connectivity index (χ2v) is 5.12. The number of rotatable bonds is 5. The van der Waals surface area contributed by atoms with Gasteiger partial charge in [0.05, 0.1) is 5.02 Å². The highest BCUT2D eigenvalue weighted by Gasteiger charge is 2.16. The van der Waals surface area contributed by atoms with Crippen molar-refractivity contribution in [2.45, 2.75) is 25.4 Å². The van der Waals surface area contributed by atoms with Gasteiger partial charge in [-0.25, -0.2) is 0 Å². The van der Waals surface area contributed by atoms with Crippen LogP contribution in [0.5, 0.6) is 5.75 Å². The van der Waals surface area contributed by atoms with Crippen LogP contribution in [0, 0.1) is 0 Å². The molecule has 0 spiro atoms. The third kappa shape index (κ3) is 4.37. The van der Waals surface area contributed by atoms with Gasteiger partial charge in [-0.2, -0.15) is 0 Å². The summed E-state index contributed by atoms with van der Waals surface area (Å²) >= 11 is 6.05. The predicted molar refractivity (Wildman–Crippen MR) is 76.8 cm³/mol. The summed E-state index contributed by atoms with van der Waals surface area (Å²) in [6, 6.07) is 5.48. The number of hydrogen-bond acceptors (Lipinski definition) is 4. The molecule has 6 heteroatoms. The Morgan fingerprint density at radius 1 is 1.45 bits per heavy atom. The molecule has 1 fully saturated rings. The molecule has 20 heavy (non-hydrogen) atoms. The molecule has 1 aliphatic heterocycles. The number of hydrogen-bond donors (Lipinski definition) is 2. The number of carbonyl (C=O) groups excluding carboxylic acids is 1. The molecule has 5 nitrogen and oxygen atoms in total. The van der Waals surface area contributed by atoms with Gasteiger partial charge in [0.15, 0.2) is 6.61 Å². The van der Waals surface area contributed by atoms with Crippen LogP contribution in [-0.4, -0.2) is 31.8 Å². The van der Waals surface area contributed by atoms with Crippen molar-refractivity contribution in [3.05, 3.63) is 28.8 Å². The van der Waals surface area contributed by atoms with Crippen molar-refractivity contribution in [3.63, 3.8) is 0 Å². The Balaban J connectivity index is 1.80. The minimum Gasteiger partial charge on any atom is -0.482 e. The molecule has 1 saturated heterocycles. The smallest absolute Gasteiger partial charge is 0.258 e. The maximum Gasteiger partial charge on any atom is 0.258 e. The van der Waals surface area contributed by atoms with Crippen molar-refractivity contribution < 1.29 is 14.3 Å². The SMILES string of the molecule is NCc1ccc(OCC(=O)NC2CCOCC2)c(Cl)c1. The molecular formula is C14H19ClN2O3. The summed E-state index contributed by atoms with van der Waals surface area (Å²) in [5.74, 6) is 0.349. The Hall–Kier alpha value is -1.30. The molecular weight excluding hydrogens is 280 g/mol. The molecule has 1 aliphatic rings. The molecule has 0 bridgehead atoms. The normalized spacial score (nSPS) is 15.9. The van der Waals surface area contributed by atoms with Crippen LogP contribution in [0.25, 0.3) is 0 Å². The molecule has 1 aromatic rings. The Morgan fingerprint density at radius 2 is 2.20 bits per heavy atom. The van der Waals surface area contributed by atoms with Crippen LogP contribution < -0.4 is 15.8 Å². The lowest BCUT2D eigenvalue weighted by Gasteiger charge is -2.23. The highest BCUT2D eigenvalue weighted by molar-refractivity contribution is 6.32. The van der Waals surface area contributed by atoms with Crippen molar-refractivity contribution in [1.29, 1.82) is 0 Å². The first-order valence-electron chi connectivity index (χ1n) is 6.67. The van der Waals surface area contributed by atoms with Crippen LogP contribution in [0.15, 0.2) is 18.2 Å². The molecule has 110 valence electrons. The molecule has 3 N–H and O–H groups in total. The first-order valence-corrected chi connectivity index (χ1v) is 7.05. The number of nitrogens with two attached hydrogens (primary N) is 1. The van der Waals surface area contributed by atoms with Crippen molar-refractivity contribution >= 4 is 17.5 Å². The zero-order chi connectivity index (χ0) is 14.4. The van der Waals surface area contributed by atoms with Gasteiger partial charge in [0, 0.05) is 25.8 Å². The Labute approximate surface area is 123 Å². The lowest BCUT2D eigenvalue weighted by atomic mass is 10.1. The summed E-state index contributed by atoms with van der Waals surface area (Å²) in [7, 11) is 0. The van der Waals surface area contributed by atoms with Gasteiger partial charge in [-0.1, -0.05) is 17.7 Å². The molecule has 0 aliphatic carbocycles. The van der Waals surface area contributed by atoms with Gasteiger partial charge in [0.1, 0.15) is 5.75 Å². The fourth-order valence-corrected chi connectivity index (χ4v) is 2.30. The van der Waals surface area contributed by atoms with Crippen LogP contribution in [-0.2, 0) is 16.1 Å². The Morgan fingerprint density at radius 3 is 2.85 bits per heavy atom. The van der Waals surface area contributed by atoms with Gasteiger partial charge in [-0.3, -0.25) is 4.79 Å². The third-order valence-electron chi connectivity index (χ3n) is 3.18. The highest BCUT2D eigenvalue weighted by Crippen LogP contribution is 2.25. The van der Waals surface area contributed by atoms with E-state index in [4.69, 9.17) is 26.8 Å². The minimum absolute atomic E-state index is 0.0426. The van der Waals surface area contributed by atoms with E-state index in [-0.39, 0.29) is 18.6 Å².